The molecule has 11 heteroatoms. The summed E-state index contributed by atoms with van der Waals surface area (Å²) in [5.41, 5.74) is 3.82. The number of nitrogens with two attached hydrogens (primary N) is 1. The van der Waals surface area contributed by atoms with Gasteiger partial charge in [0.15, 0.2) is 5.78 Å². The van der Waals surface area contributed by atoms with E-state index in [1.807, 2.05) is 13.8 Å². The molecule has 1 aliphatic carbocycles. The van der Waals surface area contributed by atoms with Crippen molar-refractivity contribution in [3.8, 4) is 0 Å². The third kappa shape index (κ3) is 8.76. The number of ketones is 2. The van der Waals surface area contributed by atoms with Gasteiger partial charge in [-0.2, -0.15) is 0 Å². The number of Topliss-reactive ketones (excluding diaryl/α,β-unsaturated/α-hetero) is 2. The molecule has 0 spiro atoms. The van der Waals surface area contributed by atoms with Crippen LogP contribution in [0.2, 0.25) is 0 Å². The third-order valence-electron chi connectivity index (χ3n) is 7.34. The molecule has 1 aliphatic heterocycles. The minimum Gasteiger partial charge on any atom is -0.363 e. The number of amides is 5. The van der Waals surface area contributed by atoms with Crippen LogP contribution in [0.3, 0.4) is 0 Å². The van der Waals surface area contributed by atoms with Gasteiger partial charge >= 0.3 is 6.03 Å². The summed E-state index contributed by atoms with van der Waals surface area (Å²) in [4.78, 5) is 78.3. The summed E-state index contributed by atoms with van der Waals surface area (Å²) >= 11 is 0. The number of carbonyl (C=O) groups is 6. The number of nitrogens with one attached hydrogen (secondary N) is 3. The lowest BCUT2D eigenvalue weighted by Gasteiger charge is -2.36. The molecule has 220 valence electrons. The lowest BCUT2D eigenvalue weighted by molar-refractivity contribution is -0.143. The number of hydrogen-bond acceptors (Lipinski definition) is 6. The molecule has 39 heavy (non-hydrogen) atoms. The first-order chi connectivity index (χ1) is 17.8. The molecule has 4 atom stereocenters. The standard InChI is InChI=1S/C28H47N5O6/c1-15(2)19(22(35)28(6,7)8)31-26(39)32-21(27(3,4)5)25(38)33-13-9-10-18(33)24(37)30-17(14-16-11-12-16)20(34)23(29)36/h15-19,21H,9-14H2,1-8H3,(H2,29,36)(H,30,37)(H2,31,32,39)/t17?,18-,19?,21?/m0/s1. The molecule has 0 aromatic carbocycles. The molecule has 0 radical (unpaired) electrons. The number of nitrogens with zero attached hydrogens (tertiary/aromatic N) is 1. The Morgan fingerprint density at radius 2 is 1.49 bits per heavy atom. The van der Waals surface area contributed by atoms with Crippen LogP contribution < -0.4 is 21.7 Å². The predicted octanol–water partition coefficient (Wildman–Crippen LogP) is 1.67. The highest BCUT2D eigenvalue weighted by molar-refractivity contribution is 6.37. The summed E-state index contributed by atoms with van der Waals surface area (Å²) in [6, 6.07) is -4.23. The van der Waals surface area contributed by atoms with Crippen LogP contribution in [0.15, 0.2) is 0 Å². The van der Waals surface area contributed by atoms with E-state index in [2.05, 4.69) is 16.0 Å². The van der Waals surface area contributed by atoms with Gasteiger partial charge in [0.25, 0.3) is 5.91 Å². The summed E-state index contributed by atoms with van der Waals surface area (Å²) in [6.45, 7) is 14.8. The molecule has 3 unspecified atom stereocenters. The van der Waals surface area contributed by atoms with E-state index < -0.39 is 64.5 Å². The lowest BCUT2D eigenvalue weighted by atomic mass is 9.82. The summed E-state index contributed by atoms with van der Waals surface area (Å²) in [6.07, 6.45) is 3.14. The van der Waals surface area contributed by atoms with Crippen LogP contribution in [0.1, 0.15) is 87.5 Å². The molecule has 1 saturated heterocycles. The molecular formula is C28H47N5O6. The zero-order valence-corrected chi connectivity index (χ0v) is 24.7. The lowest BCUT2D eigenvalue weighted by Crippen LogP contribution is -2.61. The van der Waals surface area contributed by atoms with Crippen LogP contribution in [-0.4, -0.2) is 70.9 Å². The highest BCUT2D eigenvalue weighted by Gasteiger charge is 2.43. The van der Waals surface area contributed by atoms with Crippen molar-refractivity contribution in [2.24, 2.45) is 28.4 Å². The Bertz CT molecular complexity index is 976. The van der Waals surface area contributed by atoms with Gasteiger partial charge in [-0.05, 0) is 36.5 Å². The van der Waals surface area contributed by atoms with Crippen LogP contribution >= 0.6 is 0 Å². The minimum atomic E-state index is -1.10. The number of urea groups is 1. The number of rotatable bonds is 11. The number of hydrogen-bond donors (Lipinski definition) is 4. The van der Waals surface area contributed by atoms with E-state index in [1.54, 1.807) is 41.5 Å². The van der Waals surface area contributed by atoms with Gasteiger partial charge in [0.1, 0.15) is 12.1 Å². The molecule has 5 amide bonds. The Balaban J connectivity index is 2.18. The number of primary amides is 1. The molecule has 1 saturated carbocycles. The Morgan fingerprint density at radius 3 is 1.95 bits per heavy atom. The van der Waals surface area contributed by atoms with Gasteiger partial charge in [-0.1, -0.05) is 68.2 Å². The van der Waals surface area contributed by atoms with Gasteiger partial charge in [0, 0.05) is 12.0 Å². The molecule has 0 aromatic rings. The molecule has 2 aliphatic rings. The van der Waals surface area contributed by atoms with Crippen molar-refractivity contribution in [1.29, 1.82) is 0 Å². The van der Waals surface area contributed by atoms with Crippen molar-refractivity contribution in [3.63, 3.8) is 0 Å². The van der Waals surface area contributed by atoms with Crippen molar-refractivity contribution in [2.75, 3.05) is 6.54 Å². The van der Waals surface area contributed by atoms with Crippen LogP contribution in [0.5, 0.6) is 0 Å². The summed E-state index contributed by atoms with van der Waals surface area (Å²) in [7, 11) is 0. The Morgan fingerprint density at radius 1 is 0.897 bits per heavy atom. The Kier molecular flexibility index (Phi) is 10.3. The van der Waals surface area contributed by atoms with E-state index in [4.69, 9.17) is 5.73 Å². The fraction of sp³-hybridized carbons (Fsp3) is 0.786. The second kappa shape index (κ2) is 12.5. The summed E-state index contributed by atoms with van der Waals surface area (Å²) in [5, 5.41) is 8.16. The quantitative estimate of drug-likeness (QED) is 0.286. The van der Waals surface area contributed by atoms with Crippen LogP contribution in [0.4, 0.5) is 4.79 Å². The number of carbonyl (C=O) groups excluding carboxylic acids is 6. The first kappa shape index (κ1) is 32.2. The second-order valence-electron chi connectivity index (χ2n) is 13.4. The van der Waals surface area contributed by atoms with Crippen LogP contribution in [0, 0.1) is 22.7 Å². The third-order valence-corrected chi connectivity index (χ3v) is 7.34. The van der Waals surface area contributed by atoms with Gasteiger partial charge in [-0.15, -0.1) is 0 Å². The van der Waals surface area contributed by atoms with E-state index in [9.17, 15) is 28.8 Å². The number of likely N-dealkylation sites (tertiary alicyclic amines) is 1. The van der Waals surface area contributed by atoms with Crippen LogP contribution in [0.25, 0.3) is 0 Å². The van der Waals surface area contributed by atoms with Crippen molar-refractivity contribution in [3.05, 3.63) is 0 Å². The predicted molar refractivity (Wildman–Crippen MR) is 146 cm³/mol. The SMILES string of the molecule is CC(C)C(NC(=O)NC(C(=O)N1CCC[C@H]1C(=O)NC(CC1CC1)C(=O)C(N)=O)C(C)(C)C)C(=O)C(C)(C)C. The van der Waals surface area contributed by atoms with E-state index in [-0.39, 0.29) is 17.6 Å². The zero-order valence-electron chi connectivity index (χ0n) is 24.7. The molecule has 2 fully saturated rings. The van der Waals surface area contributed by atoms with Gasteiger partial charge in [-0.25, -0.2) is 4.79 Å². The highest BCUT2D eigenvalue weighted by Crippen LogP contribution is 2.34. The smallest absolute Gasteiger partial charge is 0.316 e. The monoisotopic (exact) mass is 549 g/mol. The average Bonchev–Trinajstić information content (AvgIpc) is 3.48. The second-order valence-corrected chi connectivity index (χ2v) is 13.4. The summed E-state index contributed by atoms with van der Waals surface area (Å²) in [5.74, 6) is -2.92. The molecular weight excluding hydrogens is 502 g/mol. The Hall–Kier alpha value is -2.98. The maximum atomic E-state index is 13.8. The van der Waals surface area contributed by atoms with E-state index in [0.29, 0.717) is 25.8 Å². The van der Waals surface area contributed by atoms with Gasteiger partial charge in [-0.3, -0.25) is 24.0 Å². The van der Waals surface area contributed by atoms with Crippen molar-refractivity contribution in [2.45, 2.75) is 112 Å². The fourth-order valence-corrected chi connectivity index (χ4v) is 4.79. The zero-order chi connectivity index (χ0) is 29.9. The minimum absolute atomic E-state index is 0.117. The summed E-state index contributed by atoms with van der Waals surface area (Å²) < 4.78 is 0. The van der Waals surface area contributed by atoms with Crippen molar-refractivity contribution < 1.29 is 28.8 Å². The normalized spacial score (nSPS) is 20.1. The van der Waals surface area contributed by atoms with Crippen molar-refractivity contribution in [1.82, 2.24) is 20.9 Å². The Labute approximate surface area is 231 Å². The molecule has 5 N–H and O–H groups in total. The molecule has 1 heterocycles. The van der Waals surface area contributed by atoms with E-state index in [0.717, 1.165) is 12.8 Å². The topological polar surface area (TPSA) is 168 Å². The molecule has 11 nitrogen and oxygen atoms in total. The first-order valence-electron chi connectivity index (χ1n) is 13.9. The van der Waals surface area contributed by atoms with Gasteiger partial charge < -0.3 is 26.6 Å². The van der Waals surface area contributed by atoms with Crippen molar-refractivity contribution >= 4 is 35.3 Å². The maximum Gasteiger partial charge on any atom is 0.316 e. The average molecular weight is 550 g/mol. The molecule has 0 aromatic heterocycles. The van der Waals surface area contributed by atoms with Crippen LogP contribution in [-0.2, 0) is 24.0 Å². The molecule has 2 rings (SSSR count). The van der Waals surface area contributed by atoms with E-state index >= 15 is 0 Å². The van der Waals surface area contributed by atoms with Gasteiger partial charge in [0.2, 0.25) is 17.6 Å². The molecule has 0 bridgehead atoms. The van der Waals surface area contributed by atoms with E-state index in [1.165, 1.54) is 4.90 Å². The highest BCUT2D eigenvalue weighted by atomic mass is 16.2. The fourth-order valence-electron chi connectivity index (χ4n) is 4.79. The maximum absolute atomic E-state index is 13.8. The largest absolute Gasteiger partial charge is 0.363 e. The first-order valence-corrected chi connectivity index (χ1v) is 13.9. The van der Waals surface area contributed by atoms with Gasteiger partial charge in [0.05, 0.1) is 12.1 Å².